The van der Waals surface area contributed by atoms with Gasteiger partial charge in [0, 0.05) is 12.8 Å². The highest BCUT2D eigenvalue weighted by Gasteiger charge is 2.21. The van der Waals surface area contributed by atoms with Crippen LogP contribution >= 0.6 is 7.82 Å². The average molecular weight is 684 g/mol. The zero-order chi connectivity index (χ0) is 35.1. The van der Waals surface area contributed by atoms with Crippen LogP contribution in [0, 0.1) is 0 Å². The van der Waals surface area contributed by atoms with Gasteiger partial charge in [0.1, 0.15) is 19.8 Å². The molecule has 0 spiro atoms. The summed E-state index contributed by atoms with van der Waals surface area (Å²) in [6.45, 7) is 3.97. The Kier molecular flexibility index (Phi) is 28.8. The van der Waals surface area contributed by atoms with E-state index in [1.54, 1.807) is 0 Å². The molecule has 0 fully saturated rings. The van der Waals surface area contributed by atoms with E-state index in [2.05, 4.69) is 50.3 Å². The molecule has 0 aromatic rings. The van der Waals surface area contributed by atoms with Crippen LogP contribution in [0.15, 0.2) is 48.6 Å². The Hall–Kier alpha value is -2.03. The second-order valence-corrected chi connectivity index (χ2v) is 14.3. The first-order valence-corrected chi connectivity index (χ1v) is 19.3. The molecule has 272 valence electrons. The van der Waals surface area contributed by atoms with Gasteiger partial charge in [0.2, 0.25) is 0 Å². The molecule has 10 heteroatoms. The van der Waals surface area contributed by atoms with Gasteiger partial charge in [-0.15, -0.1) is 0 Å². The van der Waals surface area contributed by atoms with E-state index in [1.165, 1.54) is 44.9 Å². The second-order valence-electron chi connectivity index (χ2n) is 12.9. The topological polar surface area (TPSA) is 111 Å². The Bertz CT molecular complexity index is 954. The lowest BCUT2D eigenvalue weighted by Gasteiger charge is -2.28. The lowest BCUT2D eigenvalue weighted by molar-refractivity contribution is -0.870. The summed E-state index contributed by atoms with van der Waals surface area (Å²) in [5.41, 5.74) is 0. The standard InChI is InChI=1S/C37H66NO8P/c1-6-8-10-12-14-16-18-19-20-22-24-26-28-30-37(40)46-35(34-45-47(41,42)44-32-31-38(3,4)5)33-43-36(39)29-27-25-23-21-17-15-13-11-9-7-2/h8,10,14,16,19-20,24,26,35H,6-7,9,11-13,15,17-18,21-23,25,27-34H2,1-5H3/b10-8-,16-14-,20-19-,26-24-. The van der Waals surface area contributed by atoms with Gasteiger partial charge in [-0.2, -0.15) is 0 Å². The minimum Gasteiger partial charge on any atom is -0.756 e. The Balaban J connectivity index is 4.61. The number of rotatable bonds is 31. The normalized spacial score (nSPS) is 14.4. The predicted octanol–water partition coefficient (Wildman–Crippen LogP) is 8.55. The number of carbonyl (C=O) groups excluding carboxylic acids is 2. The number of nitrogens with zero attached hydrogens (tertiary/aromatic N) is 1. The van der Waals surface area contributed by atoms with E-state index in [1.807, 2.05) is 33.3 Å². The summed E-state index contributed by atoms with van der Waals surface area (Å²) < 4.78 is 33.5. The number of hydrogen-bond acceptors (Lipinski definition) is 8. The van der Waals surface area contributed by atoms with Crippen molar-refractivity contribution in [2.45, 2.75) is 129 Å². The maximum absolute atomic E-state index is 12.5. The van der Waals surface area contributed by atoms with E-state index in [4.69, 9.17) is 18.5 Å². The average Bonchev–Trinajstić information content (AvgIpc) is 3.01. The van der Waals surface area contributed by atoms with Crippen LogP contribution in [0.2, 0.25) is 0 Å². The summed E-state index contributed by atoms with van der Waals surface area (Å²) in [5.74, 6) is -0.937. The molecule has 0 saturated carbocycles. The van der Waals surface area contributed by atoms with Crippen molar-refractivity contribution in [2.75, 3.05) is 47.5 Å². The second kappa shape index (κ2) is 30.1. The highest BCUT2D eigenvalue weighted by Crippen LogP contribution is 2.38. The first kappa shape index (κ1) is 45.0. The summed E-state index contributed by atoms with van der Waals surface area (Å²) in [6, 6.07) is 0. The van der Waals surface area contributed by atoms with E-state index in [-0.39, 0.29) is 26.1 Å². The van der Waals surface area contributed by atoms with Crippen LogP contribution in [0.5, 0.6) is 0 Å². The van der Waals surface area contributed by atoms with Crippen molar-refractivity contribution in [3.8, 4) is 0 Å². The smallest absolute Gasteiger partial charge is 0.306 e. The first-order valence-electron chi connectivity index (χ1n) is 17.8. The van der Waals surface area contributed by atoms with Crippen LogP contribution in [0.25, 0.3) is 0 Å². The fraction of sp³-hybridized carbons (Fsp3) is 0.730. The number of esters is 2. The van der Waals surface area contributed by atoms with Crippen LogP contribution in [0.4, 0.5) is 0 Å². The number of carbonyl (C=O) groups is 2. The van der Waals surface area contributed by atoms with Gasteiger partial charge in [0.25, 0.3) is 7.82 Å². The van der Waals surface area contributed by atoms with E-state index in [9.17, 15) is 19.0 Å². The Labute approximate surface area is 286 Å². The largest absolute Gasteiger partial charge is 0.756 e. The van der Waals surface area contributed by atoms with Crippen LogP contribution in [-0.2, 0) is 32.7 Å². The molecule has 0 bridgehead atoms. The number of hydrogen-bond donors (Lipinski definition) is 0. The van der Waals surface area contributed by atoms with Gasteiger partial charge in [-0.05, 0) is 38.5 Å². The lowest BCUT2D eigenvalue weighted by atomic mass is 10.1. The third kappa shape index (κ3) is 33.7. The summed E-state index contributed by atoms with van der Waals surface area (Å²) in [5, 5.41) is 0. The molecule has 0 amide bonds. The number of phosphoric acid groups is 1. The third-order valence-corrected chi connectivity index (χ3v) is 8.09. The van der Waals surface area contributed by atoms with Crippen LogP contribution in [0.3, 0.4) is 0 Å². The number of ether oxygens (including phenoxy) is 2. The van der Waals surface area contributed by atoms with Crippen LogP contribution < -0.4 is 4.89 Å². The van der Waals surface area contributed by atoms with E-state index in [0.717, 1.165) is 44.9 Å². The highest BCUT2D eigenvalue weighted by atomic mass is 31.2. The molecule has 0 saturated heterocycles. The predicted molar refractivity (Wildman–Crippen MR) is 190 cm³/mol. The molecule has 0 aromatic heterocycles. The number of allylic oxidation sites excluding steroid dienone is 8. The SMILES string of the molecule is CC/C=C\C/C=C\C/C=C\C/C=C\CCC(=O)OC(COC(=O)CCCCCCCCCCCC)COP(=O)([O-])OCC[N+](C)(C)C. The number of phosphoric ester groups is 1. The minimum atomic E-state index is -4.63. The third-order valence-electron chi connectivity index (χ3n) is 7.13. The molecule has 0 aromatic carbocycles. The Morgan fingerprint density at radius 3 is 1.77 bits per heavy atom. The van der Waals surface area contributed by atoms with Gasteiger partial charge in [0.05, 0.1) is 27.7 Å². The summed E-state index contributed by atoms with van der Waals surface area (Å²) in [4.78, 5) is 37.1. The fourth-order valence-electron chi connectivity index (χ4n) is 4.31. The molecule has 0 aliphatic carbocycles. The molecule has 0 rings (SSSR count). The quantitative estimate of drug-likeness (QED) is 0.0235. The number of quaternary nitrogens is 1. The van der Waals surface area contributed by atoms with Crippen molar-refractivity contribution in [3.05, 3.63) is 48.6 Å². The molecule has 47 heavy (non-hydrogen) atoms. The maximum Gasteiger partial charge on any atom is 0.306 e. The van der Waals surface area contributed by atoms with E-state index in [0.29, 0.717) is 17.4 Å². The molecular formula is C37H66NO8P. The van der Waals surface area contributed by atoms with Gasteiger partial charge in [-0.25, -0.2) is 0 Å². The minimum absolute atomic E-state index is 0.0442. The van der Waals surface area contributed by atoms with Gasteiger partial charge >= 0.3 is 11.9 Å². The molecule has 0 heterocycles. The number of likely N-dealkylation sites (N-methyl/N-ethyl adjacent to an activating group) is 1. The summed E-state index contributed by atoms with van der Waals surface area (Å²) in [7, 11) is 1.11. The molecule has 2 unspecified atom stereocenters. The van der Waals surface area contributed by atoms with Gasteiger partial charge in [-0.1, -0.05) is 120 Å². The molecule has 0 aliphatic rings. The van der Waals surface area contributed by atoms with Crippen molar-refractivity contribution in [3.63, 3.8) is 0 Å². The van der Waals surface area contributed by atoms with Crippen molar-refractivity contribution in [1.29, 1.82) is 0 Å². The zero-order valence-corrected chi connectivity index (χ0v) is 31.1. The van der Waals surface area contributed by atoms with Gasteiger partial charge < -0.3 is 27.9 Å². The Morgan fingerprint density at radius 2 is 1.21 bits per heavy atom. The van der Waals surface area contributed by atoms with Crippen molar-refractivity contribution >= 4 is 19.8 Å². The monoisotopic (exact) mass is 683 g/mol. The van der Waals surface area contributed by atoms with Gasteiger partial charge in [-0.3, -0.25) is 14.2 Å². The van der Waals surface area contributed by atoms with Crippen LogP contribution in [0.1, 0.15) is 123 Å². The maximum atomic E-state index is 12.5. The van der Waals surface area contributed by atoms with E-state index >= 15 is 0 Å². The van der Waals surface area contributed by atoms with Crippen molar-refractivity contribution in [2.24, 2.45) is 0 Å². The number of unbranched alkanes of at least 4 members (excludes halogenated alkanes) is 9. The first-order chi connectivity index (χ1) is 22.5. The van der Waals surface area contributed by atoms with Crippen molar-refractivity contribution in [1.82, 2.24) is 0 Å². The Morgan fingerprint density at radius 1 is 0.681 bits per heavy atom. The van der Waals surface area contributed by atoms with Crippen LogP contribution in [-0.4, -0.2) is 70.0 Å². The summed E-state index contributed by atoms with van der Waals surface area (Å²) >= 11 is 0. The zero-order valence-electron chi connectivity index (χ0n) is 30.2. The molecule has 0 N–H and O–H groups in total. The summed E-state index contributed by atoms with van der Waals surface area (Å²) in [6.07, 6.45) is 31.6. The molecule has 0 radical (unpaired) electrons. The lowest BCUT2D eigenvalue weighted by Crippen LogP contribution is -2.37. The molecule has 9 nitrogen and oxygen atoms in total. The molecule has 0 aliphatic heterocycles. The van der Waals surface area contributed by atoms with Gasteiger partial charge in [0.15, 0.2) is 6.10 Å². The van der Waals surface area contributed by atoms with E-state index < -0.39 is 32.5 Å². The molecular weight excluding hydrogens is 617 g/mol. The fourth-order valence-corrected chi connectivity index (χ4v) is 5.04. The highest BCUT2D eigenvalue weighted by molar-refractivity contribution is 7.45. The molecule has 2 atom stereocenters. The van der Waals surface area contributed by atoms with Crippen molar-refractivity contribution < 1.29 is 42.1 Å².